The van der Waals surface area contributed by atoms with E-state index in [2.05, 4.69) is 47.3 Å². The first kappa shape index (κ1) is 14.3. The van der Waals surface area contributed by atoms with Crippen molar-refractivity contribution in [3.8, 4) is 0 Å². The molecular weight excluding hydrogens is 232 g/mol. The van der Waals surface area contributed by atoms with E-state index in [1.807, 2.05) is 24.2 Å². The highest BCUT2D eigenvalue weighted by Gasteiger charge is 2.11. The Morgan fingerprint density at radius 2 is 2.24 bits per heavy atom. The Kier molecular flexibility index (Phi) is 6.29. The summed E-state index contributed by atoms with van der Waals surface area (Å²) in [6.07, 6.45) is 5.77. The first-order valence-corrected chi connectivity index (χ1v) is 7.31. The molecule has 0 radical (unpaired) electrons. The van der Waals surface area contributed by atoms with Gasteiger partial charge in [-0.2, -0.15) is 11.8 Å². The molecule has 1 aromatic heterocycles. The van der Waals surface area contributed by atoms with Crippen molar-refractivity contribution in [3.05, 3.63) is 18.1 Å². The quantitative estimate of drug-likeness (QED) is 0.803. The SMILES string of the molecule is CCNCc1cncc(N(C)C(C)CSC)n1. The Morgan fingerprint density at radius 3 is 2.88 bits per heavy atom. The Labute approximate surface area is 108 Å². The fraction of sp³-hybridized carbons (Fsp3) is 0.667. The van der Waals surface area contributed by atoms with Gasteiger partial charge in [0.15, 0.2) is 0 Å². The lowest BCUT2D eigenvalue weighted by atomic mass is 10.3. The molecule has 0 saturated carbocycles. The van der Waals surface area contributed by atoms with Crippen LogP contribution in [0.3, 0.4) is 0 Å². The van der Waals surface area contributed by atoms with E-state index in [1.165, 1.54) is 0 Å². The summed E-state index contributed by atoms with van der Waals surface area (Å²) >= 11 is 1.85. The molecule has 5 heteroatoms. The largest absolute Gasteiger partial charge is 0.355 e. The Morgan fingerprint density at radius 1 is 1.47 bits per heavy atom. The molecule has 0 aliphatic rings. The minimum absolute atomic E-state index is 0.466. The van der Waals surface area contributed by atoms with E-state index in [1.54, 1.807) is 0 Å². The van der Waals surface area contributed by atoms with Crippen LogP contribution in [0.1, 0.15) is 19.5 Å². The van der Waals surface area contributed by atoms with Gasteiger partial charge in [-0.1, -0.05) is 6.92 Å². The van der Waals surface area contributed by atoms with Crippen LogP contribution in [-0.4, -0.2) is 41.6 Å². The third-order valence-corrected chi connectivity index (χ3v) is 3.47. The van der Waals surface area contributed by atoms with E-state index in [-0.39, 0.29) is 0 Å². The van der Waals surface area contributed by atoms with Crippen LogP contribution in [0, 0.1) is 0 Å². The average Bonchev–Trinajstić information content (AvgIpc) is 2.36. The zero-order valence-corrected chi connectivity index (χ0v) is 11.9. The van der Waals surface area contributed by atoms with Crippen LogP contribution in [0.25, 0.3) is 0 Å². The summed E-state index contributed by atoms with van der Waals surface area (Å²) in [5.74, 6) is 2.04. The zero-order chi connectivity index (χ0) is 12.7. The van der Waals surface area contributed by atoms with Gasteiger partial charge in [0.2, 0.25) is 0 Å². The molecule has 0 amide bonds. The summed E-state index contributed by atoms with van der Waals surface area (Å²) in [6.45, 7) is 6.02. The van der Waals surface area contributed by atoms with Crippen LogP contribution < -0.4 is 10.2 Å². The van der Waals surface area contributed by atoms with Gasteiger partial charge in [-0.05, 0) is 19.7 Å². The van der Waals surface area contributed by atoms with Gasteiger partial charge < -0.3 is 10.2 Å². The number of aromatic nitrogens is 2. The number of nitrogens with one attached hydrogen (secondary N) is 1. The summed E-state index contributed by atoms with van der Waals surface area (Å²) in [6, 6.07) is 0.466. The van der Waals surface area contributed by atoms with Gasteiger partial charge in [-0.3, -0.25) is 4.98 Å². The van der Waals surface area contributed by atoms with E-state index >= 15 is 0 Å². The van der Waals surface area contributed by atoms with Crippen LogP contribution in [0.15, 0.2) is 12.4 Å². The van der Waals surface area contributed by atoms with Crippen molar-refractivity contribution in [3.63, 3.8) is 0 Å². The summed E-state index contributed by atoms with van der Waals surface area (Å²) in [4.78, 5) is 11.0. The van der Waals surface area contributed by atoms with Gasteiger partial charge in [0, 0.05) is 31.6 Å². The maximum absolute atomic E-state index is 4.61. The summed E-state index contributed by atoms with van der Waals surface area (Å²) in [5, 5.41) is 3.26. The number of anilines is 1. The molecule has 96 valence electrons. The maximum atomic E-state index is 4.61. The van der Waals surface area contributed by atoms with Gasteiger partial charge in [-0.25, -0.2) is 4.98 Å². The number of hydrogen-bond acceptors (Lipinski definition) is 5. The van der Waals surface area contributed by atoms with E-state index in [9.17, 15) is 0 Å². The van der Waals surface area contributed by atoms with Gasteiger partial charge in [0.25, 0.3) is 0 Å². The molecule has 0 saturated heterocycles. The molecule has 0 aromatic carbocycles. The lowest BCUT2D eigenvalue weighted by molar-refractivity contribution is 0.697. The van der Waals surface area contributed by atoms with Crippen molar-refractivity contribution in [1.29, 1.82) is 0 Å². The highest BCUT2D eigenvalue weighted by molar-refractivity contribution is 7.98. The highest BCUT2D eigenvalue weighted by Crippen LogP contribution is 2.13. The van der Waals surface area contributed by atoms with E-state index in [0.29, 0.717) is 6.04 Å². The van der Waals surface area contributed by atoms with Gasteiger partial charge >= 0.3 is 0 Å². The molecule has 1 heterocycles. The molecule has 0 aliphatic carbocycles. The van der Waals surface area contributed by atoms with Gasteiger partial charge in [0.05, 0.1) is 11.9 Å². The van der Waals surface area contributed by atoms with Crippen LogP contribution in [0.5, 0.6) is 0 Å². The molecule has 17 heavy (non-hydrogen) atoms. The van der Waals surface area contributed by atoms with E-state index in [0.717, 1.165) is 30.4 Å². The van der Waals surface area contributed by atoms with Crippen LogP contribution in [0.4, 0.5) is 5.82 Å². The molecule has 0 bridgehead atoms. The predicted octanol–water partition coefficient (Wildman–Crippen LogP) is 1.77. The highest BCUT2D eigenvalue weighted by atomic mass is 32.2. The minimum Gasteiger partial charge on any atom is -0.355 e. The van der Waals surface area contributed by atoms with Gasteiger partial charge in [0.1, 0.15) is 5.82 Å². The predicted molar refractivity (Wildman–Crippen MR) is 75.7 cm³/mol. The van der Waals surface area contributed by atoms with Crippen LogP contribution in [0.2, 0.25) is 0 Å². The van der Waals surface area contributed by atoms with Gasteiger partial charge in [-0.15, -0.1) is 0 Å². The third-order valence-electron chi connectivity index (χ3n) is 2.66. The smallest absolute Gasteiger partial charge is 0.147 e. The standard InChI is InChI=1S/C12H22N4S/c1-5-13-6-11-7-14-8-12(15-11)16(3)10(2)9-17-4/h7-8,10,13H,5-6,9H2,1-4H3. The molecule has 1 rings (SSSR count). The molecule has 0 spiro atoms. The Balaban J connectivity index is 2.69. The van der Waals surface area contributed by atoms with Crippen molar-refractivity contribution in [1.82, 2.24) is 15.3 Å². The fourth-order valence-corrected chi connectivity index (χ4v) is 2.19. The Hall–Kier alpha value is -0.810. The molecule has 1 unspecified atom stereocenters. The number of hydrogen-bond donors (Lipinski definition) is 1. The maximum Gasteiger partial charge on any atom is 0.147 e. The summed E-state index contributed by atoms with van der Waals surface area (Å²) < 4.78 is 0. The second kappa shape index (κ2) is 7.50. The van der Waals surface area contributed by atoms with Crippen LogP contribution >= 0.6 is 11.8 Å². The van der Waals surface area contributed by atoms with E-state index < -0.39 is 0 Å². The Bertz CT molecular complexity index is 332. The van der Waals surface area contributed by atoms with Crippen LogP contribution in [-0.2, 0) is 6.54 Å². The van der Waals surface area contributed by atoms with E-state index in [4.69, 9.17) is 0 Å². The number of nitrogens with zero attached hydrogens (tertiary/aromatic N) is 3. The summed E-state index contributed by atoms with van der Waals surface area (Å²) in [7, 11) is 2.07. The van der Waals surface area contributed by atoms with Crippen molar-refractivity contribution < 1.29 is 0 Å². The molecule has 1 aromatic rings. The monoisotopic (exact) mass is 254 g/mol. The van der Waals surface area contributed by atoms with Crippen molar-refractivity contribution in [2.75, 3.05) is 30.5 Å². The fourth-order valence-electron chi connectivity index (χ4n) is 1.48. The second-order valence-corrected chi connectivity index (χ2v) is 4.97. The number of thioether (sulfide) groups is 1. The van der Waals surface area contributed by atoms with Crippen molar-refractivity contribution in [2.45, 2.75) is 26.4 Å². The first-order chi connectivity index (χ1) is 8.19. The molecular formula is C12H22N4S. The van der Waals surface area contributed by atoms with Crippen molar-refractivity contribution in [2.24, 2.45) is 0 Å². The number of rotatable bonds is 7. The average molecular weight is 254 g/mol. The van der Waals surface area contributed by atoms with Crippen molar-refractivity contribution >= 4 is 17.6 Å². The first-order valence-electron chi connectivity index (χ1n) is 5.92. The molecule has 1 atom stereocenters. The second-order valence-electron chi connectivity index (χ2n) is 4.06. The summed E-state index contributed by atoms with van der Waals surface area (Å²) in [5.41, 5.74) is 0.993. The minimum atomic E-state index is 0.466. The molecule has 1 N–H and O–H groups in total. The zero-order valence-electron chi connectivity index (χ0n) is 11.1. The lowest BCUT2D eigenvalue weighted by Gasteiger charge is -2.25. The molecule has 0 aliphatic heterocycles. The lowest BCUT2D eigenvalue weighted by Crippen LogP contribution is -2.32. The molecule has 4 nitrogen and oxygen atoms in total. The normalized spacial score (nSPS) is 12.5. The molecule has 0 fully saturated rings. The topological polar surface area (TPSA) is 41.1 Å². The third kappa shape index (κ3) is 4.52.